The number of nitrogens with one attached hydrogen (secondary N) is 2. The number of hydrogen-bond acceptors (Lipinski definition) is 3. The fourth-order valence-corrected chi connectivity index (χ4v) is 1.73. The molecule has 2 amide bonds. The first-order chi connectivity index (χ1) is 11.2. The Hall–Kier alpha value is -2.68. The number of carbonyl (C=O) groups excluding carboxylic acids is 2. The van der Waals surface area contributed by atoms with Gasteiger partial charge in [-0.2, -0.15) is 13.2 Å². The Balaban J connectivity index is 2.06. The fourth-order valence-electron chi connectivity index (χ4n) is 1.61. The number of rotatable bonds is 2. The molecule has 126 valence electrons. The molecule has 1 heterocycles. The van der Waals surface area contributed by atoms with Crippen LogP contribution < -0.4 is 10.6 Å². The zero-order valence-electron chi connectivity index (χ0n) is 11.6. The number of alkyl halides is 3. The zero-order chi connectivity index (χ0) is 17.9. The number of aromatic nitrogens is 1. The van der Waals surface area contributed by atoms with Crippen LogP contribution in [0.3, 0.4) is 0 Å². The van der Waals surface area contributed by atoms with Crippen LogP contribution in [0.5, 0.6) is 0 Å². The molecule has 1 aromatic heterocycles. The van der Waals surface area contributed by atoms with Crippen molar-refractivity contribution in [3.05, 3.63) is 53.1 Å². The van der Waals surface area contributed by atoms with Crippen molar-refractivity contribution in [1.82, 2.24) is 4.98 Å². The quantitative estimate of drug-likeness (QED) is 0.635. The number of anilines is 2. The van der Waals surface area contributed by atoms with E-state index in [1.807, 2.05) is 5.32 Å². The Labute approximate surface area is 137 Å². The van der Waals surface area contributed by atoms with Crippen molar-refractivity contribution in [2.45, 2.75) is 6.18 Å². The molecule has 0 radical (unpaired) electrons. The van der Waals surface area contributed by atoms with Crippen LogP contribution in [0.4, 0.5) is 28.9 Å². The summed E-state index contributed by atoms with van der Waals surface area (Å²) < 4.78 is 50.9. The molecule has 0 aliphatic carbocycles. The van der Waals surface area contributed by atoms with Gasteiger partial charge in [0.1, 0.15) is 5.82 Å². The second kappa shape index (κ2) is 6.83. The third kappa shape index (κ3) is 4.42. The molecule has 0 atom stereocenters. The summed E-state index contributed by atoms with van der Waals surface area (Å²) in [5.74, 6) is -3.25. The van der Waals surface area contributed by atoms with Crippen molar-refractivity contribution in [2.24, 2.45) is 0 Å². The van der Waals surface area contributed by atoms with E-state index in [2.05, 4.69) is 10.3 Å². The number of carbonyl (C=O) groups is 2. The Morgan fingerprint density at radius 1 is 1.00 bits per heavy atom. The standard InChI is InChI=1S/C14H8ClF4N3O2/c15-10-2-1-8(4-11(10)16)21-12(23)13(24)22-9-3-7(5-20-6-9)14(17,18)19/h1-6H,(H,21,23)(H,22,24). The van der Waals surface area contributed by atoms with E-state index in [1.54, 1.807) is 0 Å². The highest BCUT2D eigenvalue weighted by Crippen LogP contribution is 2.29. The summed E-state index contributed by atoms with van der Waals surface area (Å²) in [5.41, 5.74) is -1.44. The maximum Gasteiger partial charge on any atom is 0.417 e. The van der Waals surface area contributed by atoms with Crippen molar-refractivity contribution in [3.63, 3.8) is 0 Å². The molecule has 0 spiro atoms. The summed E-state index contributed by atoms with van der Waals surface area (Å²) in [4.78, 5) is 26.7. The van der Waals surface area contributed by atoms with Crippen molar-refractivity contribution < 1.29 is 27.2 Å². The van der Waals surface area contributed by atoms with E-state index >= 15 is 0 Å². The molecule has 0 saturated carbocycles. The smallest absolute Gasteiger partial charge is 0.318 e. The molecule has 0 aliphatic rings. The van der Waals surface area contributed by atoms with Crippen LogP contribution in [0.25, 0.3) is 0 Å². The number of amides is 2. The molecule has 2 N–H and O–H groups in total. The van der Waals surface area contributed by atoms with E-state index in [0.717, 1.165) is 12.3 Å². The molecule has 24 heavy (non-hydrogen) atoms. The lowest BCUT2D eigenvalue weighted by Gasteiger charge is -2.09. The zero-order valence-corrected chi connectivity index (χ0v) is 12.4. The maximum absolute atomic E-state index is 13.2. The van der Waals surface area contributed by atoms with Gasteiger partial charge in [0.25, 0.3) is 0 Å². The Bertz CT molecular complexity index is 796. The summed E-state index contributed by atoms with van der Waals surface area (Å²) in [6, 6.07) is 3.93. The SMILES string of the molecule is O=C(Nc1cncc(C(F)(F)F)c1)C(=O)Nc1ccc(Cl)c(F)c1. The van der Waals surface area contributed by atoms with Crippen molar-refractivity contribution >= 4 is 34.8 Å². The van der Waals surface area contributed by atoms with Crippen LogP contribution in [0.2, 0.25) is 5.02 Å². The summed E-state index contributed by atoms with van der Waals surface area (Å²) in [6.07, 6.45) is -3.12. The predicted octanol–water partition coefficient (Wildman–Crippen LogP) is 3.47. The lowest BCUT2D eigenvalue weighted by molar-refractivity contribution is -0.137. The normalized spacial score (nSPS) is 11.0. The fraction of sp³-hybridized carbons (Fsp3) is 0.0714. The number of halogens is 5. The maximum atomic E-state index is 13.2. The molecule has 0 unspecified atom stereocenters. The van der Waals surface area contributed by atoms with Gasteiger partial charge in [-0.05, 0) is 24.3 Å². The highest BCUT2D eigenvalue weighted by Gasteiger charge is 2.31. The van der Waals surface area contributed by atoms with Gasteiger partial charge in [0.05, 0.1) is 22.5 Å². The van der Waals surface area contributed by atoms with Crippen LogP contribution in [0.1, 0.15) is 5.56 Å². The Morgan fingerprint density at radius 3 is 2.21 bits per heavy atom. The van der Waals surface area contributed by atoms with Crippen molar-refractivity contribution in [2.75, 3.05) is 10.6 Å². The lowest BCUT2D eigenvalue weighted by atomic mass is 10.2. The predicted molar refractivity (Wildman–Crippen MR) is 77.9 cm³/mol. The van der Waals surface area contributed by atoms with Gasteiger partial charge in [-0.15, -0.1) is 0 Å². The summed E-state index contributed by atoms with van der Waals surface area (Å²) in [5, 5.41) is 3.88. The van der Waals surface area contributed by atoms with Gasteiger partial charge >= 0.3 is 18.0 Å². The van der Waals surface area contributed by atoms with Gasteiger partial charge in [-0.1, -0.05) is 11.6 Å². The average molecular weight is 362 g/mol. The minimum absolute atomic E-state index is 0.0424. The number of hydrogen-bond donors (Lipinski definition) is 2. The molecule has 2 aromatic rings. The topological polar surface area (TPSA) is 71.1 Å². The molecule has 10 heteroatoms. The summed E-state index contributed by atoms with van der Waals surface area (Å²) >= 11 is 5.47. The van der Waals surface area contributed by atoms with Gasteiger partial charge in [0, 0.05) is 11.9 Å². The van der Waals surface area contributed by atoms with E-state index in [9.17, 15) is 27.2 Å². The van der Waals surface area contributed by atoms with Crippen molar-refractivity contribution in [3.8, 4) is 0 Å². The van der Waals surface area contributed by atoms with E-state index in [0.29, 0.717) is 12.3 Å². The third-order valence-corrected chi connectivity index (χ3v) is 3.01. The molecular formula is C14H8ClF4N3O2. The number of nitrogens with zero attached hydrogens (tertiary/aromatic N) is 1. The van der Waals surface area contributed by atoms with Crippen LogP contribution in [-0.2, 0) is 15.8 Å². The molecule has 5 nitrogen and oxygen atoms in total. The molecule has 0 saturated heterocycles. The largest absolute Gasteiger partial charge is 0.417 e. The van der Waals surface area contributed by atoms with Crippen LogP contribution in [0, 0.1) is 5.82 Å². The summed E-state index contributed by atoms with van der Waals surface area (Å²) in [7, 11) is 0. The Morgan fingerprint density at radius 2 is 1.62 bits per heavy atom. The van der Waals surface area contributed by atoms with Crippen LogP contribution in [-0.4, -0.2) is 16.8 Å². The molecule has 0 fully saturated rings. The minimum Gasteiger partial charge on any atom is -0.318 e. The summed E-state index contributed by atoms with van der Waals surface area (Å²) in [6.45, 7) is 0. The molecular weight excluding hydrogens is 354 g/mol. The first kappa shape index (κ1) is 17.7. The highest BCUT2D eigenvalue weighted by molar-refractivity contribution is 6.43. The second-order valence-corrected chi connectivity index (χ2v) is 4.90. The van der Waals surface area contributed by atoms with Gasteiger partial charge in [0.15, 0.2) is 0 Å². The van der Waals surface area contributed by atoms with Gasteiger partial charge in [-0.25, -0.2) is 4.39 Å². The molecule has 0 aliphatic heterocycles. The second-order valence-electron chi connectivity index (χ2n) is 4.50. The highest BCUT2D eigenvalue weighted by atomic mass is 35.5. The Kier molecular flexibility index (Phi) is 5.03. The van der Waals surface area contributed by atoms with Gasteiger partial charge in [-0.3, -0.25) is 14.6 Å². The molecule has 0 bridgehead atoms. The van der Waals surface area contributed by atoms with E-state index in [-0.39, 0.29) is 16.4 Å². The van der Waals surface area contributed by atoms with E-state index < -0.39 is 29.4 Å². The minimum atomic E-state index is -4.64. The van der Waals surface area contributed by atoms with E-state index in [1.165, 1.54) is 12.1 Å². The van der Waals surface area contributed by atoms with Crippen molar-refractivity contribution in [1.29, 1.82) is 0 Å². The number of pyridine rings is 1. The first-order valence-electron chi connectivity index (χ1n) is 6.26. The van der Waals surface area contributed by atoms with Gasteiger partial charge < -0.3 is 10.6 Å². The number of benzene rings is 1. The lowest BCUT2D eigenvalue weighted by Crippen LogP contribution is -2.29. The molecule has 2 rings (SSSR count). The third-order valence-electron chi connectivity index (χ3n) is 2.71. The molecule has 1 aromatic carbocycles. The van der Waals surface area contributed by atoms with Crippen LogP contribution >= 0.6 is 11.6 Å². The van der Waals surface area contributed by atoms with Gasteiger partial charge in [0.2, 0.25) is 0 Å². The average Bonchev–Trinajstić information content (AvgIpc) is 2.50. The van der Waals surface area contributed by atoms with Crippen LogP contribution in [0.15, 0.2) is 36.7 Å². The monoisotopic (exact) mass is 361 g/mol. The van der Waals surface area contributed by atoms with E-state index in [4.69, 9.17) is 11.6 Å². The first-order valence-corrected chi connectivity index (χ1v) is 6.64.